The highest BCUT2D eigenvalue weighted by Crippen LogP contribution is 2.40. The normalized spacial score (nSPS) is 19.8. The first-order valence-corrected chi connectivity index (χ1v) is 8.35. The van der Waals surface area contributed by atoms with Crippen molar-refractivity contribution >= 4 is 11.6 Å². The smallest absolute Gasteiger partial charge is 0.0621 e. The molecule has 1 heterocycles. The second-order valence-corrected chi connectivity index (χ2v) is 6.80. The maximum Gasteiger partial charge on any atom is 0.0621 e. The van der Waals surface area contributed by atoms with Crippen molar-refractivity contribution in [3.63, 3.8) is 0 Å². The Kier molecular flexibility index (Phi) is 5.86. The molecule has 112 valence electrons. The summed E-state index contributed by atoms with van der Waals surface area (Å²) >= 11 is 6.30. The van der Waals surface area contributed by atoms with Gasteiger partial charge >= 0.3 is 0 Å². The highest BCUT2D eigenvalue weighted by Gasteiger charge is 2.35. The second-order valence-electron chi connectivity index (χ2n) is 6.39. The van der Waals surface area contributed by atoms with Crippen LogP contribution in [-0.2, 0) is 6.42 Å². The van der Waals surface area contributed by atoms with Crippen molar-refractivity contribution in [3.05, 3.63) is 29.0 Å². The van der Waals surface area contributed by atoms with E-state index in [4.69, 9.17) is 11.6 Å². The predicted molar refractivity (Wildman–Crippen MR) is 86.2 cm³/mol. The predicted octanol–water partition coefficient (Wildman–Crippen LogP) is 4.62. The van der Waals surface area contributed by atoms with Gasteiger partial charge in [-0.05, 0) is 49.3 Å². The fraction of sp³-hybridized carbons (Fsp3) is 0.706. The van der Waals surface area contributed by atoms with Gasteiger partial charge in [-0.25, -0.2) is 0 Å². The highest BCUT2D eigenvalue weighted by molar-refractivity contribution is 6.31. The Bertz CT molecular complexity index is 413. The lowest BCUT2D eigenvalue weighted by Gasteiger charge is -2.41. The van der Waals surface area contributed by atoms with E-state index in [0.29, 0.717) is 11.5 Å². The minimum atomic E-state index is 0.403. The number of nitrogens with one attached hydrogen (secondary N) is 1. The van der Waals surface area contributed by atoms with E-state index < -0.39 is 0 Å². The minimum Gasteiger partial charge on any atom is -0.313 e. The molecule has 3 heteroatoms. The maximum atomic E-state index is 6.30. The quantitative estimate of drug-likeness (QED) is 0.828. The van der Waals surface area contributed by atoms with Gasteiger partial charge < -0.3 is 5.32 Å². The molecule has 0 amide bonds. The summed E-state index contributed by atoms with van der Waals surface area (Å²) in [4.78, 5) is 4.09. The Morgan fingerprint density at radius 3 is 2.75 bits per heavy atom. The van der Waals surface area contributed by atoms with Crippen LogP contribution in [0.5, 0.6) is 0 Å². The van der Waals surface area contributed by atoms with Gasteiger partial charge in [0, 0.05) is 18.4 Å². The van der Waals surface area contributed by atoms with Crippen LogP contribution in [0.2, 0.25) is 5.02 Å². The molecule has 1 saturated carbocycles. The van der Waals surface area contributed by atoms with Crippen molar-refractivity contribution in [2.24, 2.45) is 5.41 Å². The number of rotatable bonds is 6. The lowest BCUT2D eigenvalue weighted by atomic mass is 9.69. The van der Waals surface area contributed by atoms with Crippen LogP contribution in [0.4, 0.5) is 0 Å². The van der Waals surface area contributed by atoms with Crippen LogP contribution >= 0.6 is 11.6 Å². The zero-order valence-electron chi connectivity index (χ0n) is 12.8. The van der Waals surface area contributed by atoms with Gasteiger partial charge in [0.2, 0.25) is 0 Å². The van der Waals surface area contributed by atoms with E-state index in [9.17, 15) is 0 Å². The van der Waals surface area contributed by atoms with Gasteiger partial charge in [0.15, 0.2) is 0 Å². The van der Waals surface area contributed by atoms with Gasteiger partial charge in [-0.15, -0.1) is 0 Å². The SMILES string of the molecule is CCCNC(Cc1ccncc1Cl)C1(C)CCCCC1. The summed E-state index contributed by atoms with van der Waals surface area (Å²) in [6.45, 7) is 5.77. The van der Waals surface area contributed by atoms with E-state index in [1.807, 2.05) is 6.20 Å². The largest absolute Gasteiger partial charge is 0.313 e. The van der Waals surface area contributed by atoms with Gasteiger partial charge in [0.25, 0.3) is 0 Å². The molecule has 0 spiro atoms. The first-order valence-electron chi connectivity index (χ1n) is 7.97. The molecular formula is C17H27ClN2. The van der Waals surface area contributed by atoms with Crippen molar-refractivity contribution < 1.29 is 0 Å². The van der Waals surface area contributed by atoms with Crippen molar-refractivity contribution in [3.8, 4) is 0 Å². The van der Waals surface area contributed by atoms with Crippen molar-refractivity contribution in [1.82, 2.24) is 10.3 Å². The van der Waals surface area contributed by atoms with E-state index in [0.717, 1.165) is 18.0 Å². The molecule has 1 aliphatic carbocycles. The summed E-state index contributed by atoms with van der Waals surface area (Å²) < 4.78 is 0. The third-order valence-electron chi connectivity index (χ3n) is 4.76. The van der Waals surface area contributed by atoms with Crippen molar-refractivity contribution in [2.75, 3.05) is 6.54 Å². The fourth-order valence-electron chi connectivity index (χ4n) is 3.38. The number of aromatic nitrogens is 1. The highest BCUT2D eigenvalue weighted by atomic mass is 35.5. The maximum absolute atomic E-state index is 6.30. The second kappa shape index (κ2) is 7.42. The number of hydrogen-bond donors (Lipinski definition) is 1. The molecule has 1 unspecified atom stereocenters. The fourth-order valence-corrected chi connectivity index (χ4v) is 3.58. The summed E-state index contributed by atoms with van der Waals surface area (Å²) in [6.07, 6.45) is 12.6. The summed E-state index contributed by atoms with van der Waals surface area (Å²) in [6, 6.07) is 2.58. The van der Waals surface area contributed by atoms with Gasteiger partial charge in [0.05, 0.1) is 5.02 Å². The summed E-state index contributed by atoms with van der Waals surface area (Å²) in [5, 5.41) is 4.58. The molecule has 1 aromatic heterocycles. The topological polar surface area (TPSA) is 24.9 Å². The summed E-state index contributed by atoms with van der Waals surface area (Å²) in [5.74, 6) is 0. The Balaban J connectivity index is 2.12. The molecule has 1 aromatic rings. The lowest BCUT2D eigenvalue weighted by molar-refractivity contribution is 0.143. The number of hydrogen-bond acceptors (Lipinski definition) is 2. The first kappa shape index (κ1) is 15.8. The van der Waals surface area contributed by atoms with Gasteiger partial charge in [-0.1, -0.05) is 44.7 Å². The van der Waals surface area contributed by atoms with Crippen LogP contribution in [0.3, 0.4) is 0 Å². The monoisotopic (exact) mass is 294 g/mol. The van der Waals surface area contributed by atoms with Crippen LogP contribution in [0.25, 0.3) is 0 Å². The zero-order chi connectivity index (χ0) is 14.4. The van der Waals surface area contributed by atoms with Crippen LogP contribution in [-0.4, -0.2) is 17.6 Å². The van der Waals surface area contributed by atoms with Gasteiger partial charge in [-0.2, -0.15) is 0 Å². The van der Waals surface area contributed by atoms with Crippen LogP contribution in [0, 0.1) is 5.41 Å². The molecule has 2 nitrogen and oxygen atoms in total. The van der Waals surface area contributed by atoms with Gasteiger partial charge in [0.1, 0.15) is 0 Å². The van der Waals surface area contributed by atoms with E-state index >= 15 is 0 Å². The van der Waals surface area contributed by atoms with E-state index in [1.54, 1.807) is 6.20 Å². The van der Waals surface area contributed by atoms with E-state index in [1.165, 1.54) is 44.1 Å². The lowest BCUT2D eigenvalue weighted by Crippen LogP contribution is -2.46. The molecule has 1 aliphatic rings. The van der Waals surface area contributed by atoms with Crippen LogP contribution in [0.15, 0.2) is 18.5 Å². The Morgan fingerprint density at radius 1 is 1.35 bits per heavy atom. The number of pyridine rings is 1. The Labute approximate surface area is 128 Å². The van der Waals surface area contributed by atoms with Crippen molar-refractivity contribution in [1.29, 1.82) is 0 Å². The molecule has 2 rings (SSSR count). The number of halogens is 1. The Hall–Kier alpha value is -0.600. The number of nitrogens with zero attached hydrogens (tertiary/aromatic N) is 1. The van der Waals surface area contributed by atoms with E-state index in [-0.39, 0.29) is 0 Å². The first-order chi connectivity index (χ1) is 9.65. The zero-order valence-corrected chi connectivity index (χ0v) is 13.5. The standard InChI is InChI=1S/C17H27ClN2/c1-3-10-20-16(17(2)8-5-4-6-9-17)12-14-7-11-19-13-15(14)18/h7,11,13,16,20H,3-6,8-10,12H2,1-2H3. The average Bonchev–Trinajstić information content (AvgIpc) is 2.46. The molecule has 0 radical (unpaired) electrons. The molecule has 1 N–H and O–H groups in total. The third-order valence-corrected chi connectivity index (χ3v) is 5.10. The molecule has 1 fully saturated rings. The Morgan fingerprint density at radius 2 is 2.10 bits per heavy atom. The van der Waals surface area contributed by atoms with E-state index in [2.05, 4.69) is 30.2 Å². The van der Waals surface area contributed by atoms with Crippen LogP contribution < -0.4 is 5.32 Å². The summed E-state index contributed by atoms with van der Waals surface area (Å²) in [7, 11) is 0. The molecular weight excluding hydrogens is 268 g/mol. The molecule has 0 saturated heterocycles. The molecule has 1 atom stereocenters. The van der Waals surface area contributed by atoms with Gasteiger partial charge in [-0.3, -0.25) is 4.98 Å². The molecule has 20 heavy (non-hydrogen) atoms. The molecule has 0 aromatic carbocycles. The average molecular weight is 295 g/mol. The summed E-state index contributed by atoms with van der Waals surface area (Å²) in [5.41, 5.74) is 1.63. The van der Waals surface area contributed by atoms with Crippen molar-refractivity contribution in [2.45, 2.75) is 64.8 Å². The molecule has 0 aliphatic heterocycles. The third kappa shape index (κ3) is 3.95. The molecule has 0 bridgehead atoms. The minimum absolute atomic E-state index is 0.403. The van der Waals surface area contributed by atoms with Crippen LogP contribution in [0.1, 0.15) is 57.9 Å².